The Balaban J connectivity index is 2.11. The summed E-state index contributed by atoms with van der Waals surface area (Å²) in [6.45, 7) is 2.67. The molecule has 0 aliphatic rings. The largest absolute Gasteiger partial charge is 0.497 e. The molecule has 112 valence electrons. The molecule has 0 bridgehead atoms. The first-order valence-electron chi connectivity index (χ1n) is 6.83. The second kappa shape index (κ2) is 9.20. The van der Waals surface area contributed by atoms with Gasteiger partial charge in [0.1, 0.15) is 11.5 Å². The van der Waals surface area contributed by atoms with E-state index in [0.717, 1.165) is 12.2 Å². The zero-order valence-electron chi connectivity index (χ0n) is 12.1. The second-order valence-corrected chi connectivity index (χ2v) is 4.62. The lowest BCUT2D eigenvalue weighted by Crippen LogP contribution is -2.26. The molecule has 0 spiro atoms. The van der Waals surface area contributed by atoms with Gasteiger partial charge in [-0.25, -0.2) is 0 Å². The van der Waals surface area contributed by atoms with E-state index in [9.17, 15) is 4.79 Å². The van der Waals surface area contributed by atoms with Crippen molar-refractivity contribution in [3.05, 3.63) is 24.3 Å². The molecule has 0 saturated heterocycles. The summed E-state index contributed by atoms with van der Waals surface area (Å²) in [5, 5.41) is 11.9. The fraction of sp³-hybridized carbons (Fsp3) is 0.533. The second-order valence-electron chi connectivity index (χ2n) is 4.62. The number of amides is 1. The van der Waals surface area contributed by atoms with Gasteiger partial charge < -0.3 is 19.9 Å². The van der Waals surface area contributed by atoms with Crippen LogP contribution in [0.3, 0.4) is 0 Å². The molecule has 5 nitrogen and oxygen atoms in total. The molecule has 0 aliphatic carbocycles. The van der Waals surface area contributed by atoms with Crippen LogP contribution in [-0.4, -0.2) is 37.4 Å². The molecule has 1 aromatic carbocycles. The van der Waals surface area contributed by atoms with Crippen LogP contribution in [0, 0.1) is 0 Å². The van der Waals surface area contributed by atoms with Crippen LogP contribution in [0.25, 0.3) is 0 Å². The average Bonchev–Trinajstić information content (AvgIpc) is 2.44. The highest BCUT2D eigenvalue weighted by molar-refractivity contribution is 5.75. The van der Waals surface area contributed by atoms with E-state index in [4.69, 9.17) is 14.6 Å². The van der Waals surface area contributed by atoms with Gasteiger partial charge in [-0.1, -0.05) is 0 Å². The van der Waals surface area contributed by atoms with Crippen LogP contribution < -0.4 is 14.8 Å². The first kappa shape index (κ1) is 16.3. The van der Waals surface area contributed by atoms with Gasteiger partial charge in [0.2, 0.25) is 5.91 Å². The molecule has 0 radical (unpaired) electrons. The number of nitrogens with one attached hydrogen (secondary N) is 1. The Kier molecular flexibility index (Phi) is 7.50. The molecule has 0 heterocycles. The number of carbonyl (C=O) groups is 1. The van der Waals surface area contributed by atoms with Crippen LogP contribution in [0.4, 0.5) is 0 Å². The number of hydrogen-bond acceptors (Lipinski definition) is 4. The summed E-state index contributed by atoms with van der Waals surface area (Å²) < 4.78 is 10.5. The summed E-state index contributed by atoms with van der Waals surface area (Å²) in [5.74, 6) is 1.45. The maximum Gasteiger partial charge on any atom is 0.223 e. The molecule has 0 aromatic heterocycles. The lowest BCUT2D eigenvalue weighted by Gasteiger charge is -2.08. The average molecular weight is 281 g/mol. The van der Waals surface area contributed by atoms with Crippen molar-refractivity contribution in [3.8, 4) is 11.5 Å². The van der Waals surface area contributed by atoms with Crippen LogP contribution in [0.15, 0.2) is 24.3 Å². The van der Waals surface area contributed by atoms with Gasteiger partial charge >= 0.3 is 0 Å². The van der Waals surface area contributed by atoms with E-state index in [1.807, 2.05) is 12.1 Å². The van der Waals surface area contributed by atoms with Crippen molar-refractivity contribution in [1.82, 2.24) is 5.32 Å². The van der Waals surface area contributed by atoms with Crippen molar-refractivity contribution < 1.29 is 19.4 Å². The third-order valence-corrected chi connectivity index (χ3v) is 2.78. The summed E-state index contributed by atoms with van der Waals surface area (Å²) in [6, 6.07) is 7.23. The number of carbonyl (C=O) groups excluding carboxylic acids is 1. The molecule has 20 heavy (non-hydrogen) atoms. The third kappa shape index (κ3) is 6.99. The number of aliphatic hydroxyl groups is 1. The van der Waals surface area contributed by atoms with Crippen molar-refractivity contribution in [3.63, 3.8) is 0 Å². The zero-order valence-corrected chi connectivity index (χ0v) is 12.1. The predicted molar refractivity (Wildman–Crippen MR) is 77.0 cm³/mol. The minimum Gasteiger partial charge on any atom is -0.497 e. The first-order chi connectivity index (χ1) is 9.61. The van der Waals surface area contributed by atoms with Crippen LogP contribution in [0.2, 0.25) is 0 Å². The Hall–Kier alpha value is -1.75. The van der Waals surface area contributed by atoms with Gasteiger partial charge in [0.25, 0.3) is 0 Å². The Bertz CT molecular complexity index is 389. The van der Waals surface area contributed by atoms with Gasteiger partial charge in [-0.2, -0.15) is 0 Å². The van der Waals surface area contributed by atoms with E-state index in [0.29, 0.717) is 31.7 Å². The quantitative estimate of drug-likeness (QED) is 0.677. The molecular formula is C15H23NO4. The smallest absolute Gasteiger partial charge is 0.223 e. The monoisotopic (exact) mass is 281 g/mol. The molecule has 1 rings (SSSR count). The van der Waals surface area contributed by atoms with Crippen molar-refractivity contribution in [1.29, 1.82) is 0 Å². The highest BCUT2D eigenvalue weighted by Crippen LogP contribution is 2.16. The maximum absolute atomic E-state index is 11.5. The lowest BCUT2D eigenvalue weighted by atomic mass is 10.2. The fourth-order valence-electron chi connectivity index (χ4n) is 1.65. The van der Waals surface area contributed by atoms with Gasteiger partial charge in [0.15, 0.2) is 0 Å². The topological polar surface area (TPSA) is 67.8 Å². The molecule has 0 fully saturated rings. The summed E-state index contributed by atoms with van der Waals surface area (Å²) in [6.07, 6.45) is 1.48. The molecule has 5 heteroatoms. The standard InChI is InChI=1S/C15H23NO4/c1-12(17)4-3-10-16-15(18)9-11-20-14-7-5-13(19-2)6-8-14/h5-8,12,17H,3-4,9-11H2,1-2H3,(H,16,18). The number of aliphatic hydroxyl groups excluding tert-OH is 1. The molecule has 0 saturated carbocycles. The van der Waals surface area contributed by atoms with E-state index in [2.05, 4.69) is 5.32 Å². The van der Waals surface area contributed by atoms with Crippen LogP contribution in [0.1, 0.15) is 26.2 Å². The van der Waals surface area contributed by atoms with Gasteiger partial charge in [-0.3, -0.25) is 4.79 Å². The molecule has 1 aromatic rings. The minimum absolute atomic E-state index is 0.0379. The van der Waals surface area contributed by atoms with Gasteiger partial charge in [-0.15, -0.1) is 0 Å². The summed E-state index contributed by atoms with van der Waals surface area (Å²) >= 11 is 0. The number of methoxy groups -OCH3 is 1. The predicted octanol–water partition coefficient (Wildman–Crippen LogP) is 1.74. The summed E-state index contributed by atoms with van der Waals surface area (Å²) in [5.41, 5.74) is 0. The lowest BCUT2D eigenvalue weighted by molar-refractivity contribution is -0.121. The zero-order chi connectivity index (χ0) is 14.8. The van der Waals surface area contributed by atoms with E-state index in [-0.39, 0.29) is 12.0 Å². The van der Waals surface area contributed by atoms with Gasteiger partial charge in [0.05, 0.1) is 26.2 Å². The summed E-state index contributed by atoms with van der Waals surface area (Å²) in [4.78, 5) is 11.5. The van der Waals surface area contributed by atoms with Crippen molar-refractivity contribution in [2.75, 3.05) is 20.3 Å². The van der Waals surface area contributed by atoms with Crippen LogP contribution in [-0.2, 0) is 4.79 Å². The first-order valence-corrected chi connectivity index (χ1v) is 6.83. The normalized spacial score (nSPS) is 11.8. The molecule has 1 atom stereocenters. The van der Waals surface area contributed by atoms with Gasteiger partial charge in [0, 0.05) is 6.54 Å². The van der Waals surface area contributed by atoms with Crippen molar-refractivity contribution in [2.45, 2.75) is 32.3 Å². The van der Waals surface area contributed by atoms with Crippen LogP contribution >= 0.6 is 0 Å². The third-order valence-electron chi connectivity index (χ3n) is 2.78. The van der Waals surface area contributed by atoms with Crippen molar-refractivity contribution in [2.24, 2.45) is 0 Å². The maximum atomic E-state index is 11.5. The molecular weight excluding hydrogens is 258 g/mol. The fourth-order valence-corrected chi connectivity index (χ4v) is 1.65. The molecule has 0 aliphatic heterocycles. The Morgan fingerprint density at radius 1 is 1.30 bits per heavy atom. The number of hydrogen-bond donors (Lipinski definition) is 2. The number of ether oxygens (including phenoxy) is 2. The Morgan fingerprint density at radius 2 is 1.95 bits per heavy atom. The highest BCUT2D eigenvalue weighted by atomic mass is 16.5. The van der Waals surface area contributed by atoms with Crippen LogP contribution in [0.5, 0.6) is 11.5 Å². The highest BCUT2D eigenvalue weighted by Gasteiger charge is 2.02. The van der Waals surface area contributed by atoms with Crippen molar-refractivity contribution >= 4 is 5.91 Å². The molecule has 2 N–H and O–H groups in total. The van der Waals surface area contributed by atoms with E-state index in [1.165, 1.54) is 0 Å². The summed E-state index contributed by atoms with van der Waals surface area (Å²) in [7, 11) is 1.61. The van der Waals surface area contributed by atoms with E-state index in [1.54, 1.807) is 26.2 Å². The molecule has 1 unspecified atom stereocenters. The Labute approximate surface area is 119 Å². The SMILES string of the molecule is COc1ccc(OCCC(=O)NCCCC(C)O)cc1. The Morgan fingerprint density at radius 3 is 2.55 bits per heavy atom. The number of rotatable bonds is 9. The van der Waals surface area contributed by atoms with E-state index >= 15 is 0 Å². The number of benzene rings is 1. The minimum atomic E-state index is -0.315. The van der Waals surface area contributed by atoms with Gasteiger partial charge in [-0.05, 0) is 44.0 Å². The van der Waals surface area contributed by atoms with E-state index < -0.39 is 0 Å². The molecule has 1 amide bonds.